The van der Waals surface area contributed by atoms with Crippen LogP contribution in [0.5, 0.6) is 0 Å². The fourth-order valence-electron chi connectivity index (χ4n) is 1.62. The zero-order chi connectivity index (χ0) is 16.1. The van der Waals surface area contributed by atoms with Crippen LogP contribution in [0.25, 0.3) is 0 Å². The van der Waals surface area contributed by atoms with E-state index in [4.69, 9.17) is 0 Å². The minimum Gasteiger partial charge on any atom is -0.267 e. The van der Waals surface area contributed by atoms with E-state index in [9.17, 15) is 14.9 Å². The molecule has 0 heterocycles. The molecule has 1 amide bonds. The number of halogens is 2. The SMILES string of the molecule is O=C(N/N=C\c1ccc(Br)c([N+](=O)[O-])c1)c1ccccc1Br. The maximum Gasteiger partial charge on any atom is 0.284 e. The van der Waals surface area contributed by atoms with Crippen LogP contribution in [-0.2, 0) is 0 Å². The second kappa shape index (κ2) is 7.28. The molecule has 0 bridgehead atoms. The molecule has 0 atom stereocenters. The van der Waals surface area contributed by atoms with Gasteiger partial charge in [0.2, 0.25) is 0 Å². The van der Waals surface area contributed by atoms with Gasteiger partial charge in [-0.2, -0.15) is 5.10 Å². The summed E-state index contributed by atoms with van der Waals surface area (Å²) >= 11 is 6.37. The van der Waals surface area contributed by atoms with E-state index in [1.807, 2.05) is 0 Å². The van der Waals surface area contributed by atoms with Crippen LogP contribution < -0.4 is 5.43 Å². The Bertz CT molecular complexity index is 763. The monoisotopic (exact) mass is 425 g/mol. The summed E-state index contributed by atoms with van der Waals surface area (Å²) in [6.07, 6.45) is 1.34. The maximum atomic E-state index is 11.9. The molecule has 0 aromatic heterocycles. The smallest absolute Gasteiger partial charge is 0.267 e. The van der Waals surface area contributed by atoms with Crippen molar-refractivity contribution in [3.63, 3.8) is 0 Å². The number of hydrogen-bond donors (Lipinski definition) is 1. The van der Waals surface area contributed by atoms with Crippen molar-refractivity contribution < 1.29 is 9.72 Å². The quantitative estimate of drug-likeness (QED) is 0.457. The molecule has 0 aliphatic heterocycles. The molecular formula is C14H9Br2N3O3. The molecular weight excluding hydrogens is 418 g/mol. The summed E-state index contributed by atoms with van der Waals surface area (Å²) in [4.78, 5) is 22.3. The predicted molar refractivity (Wildman–Crippen MR) is 90.0 cm³/mol. The van der Waals surface area contributed by atoms with Crippen molar-refractivity contribution in [1.29, 1.82) is 0 Å². The van der Waals surface area contributed by atoms with Crippen LogP contribution in [0.2, 0.25) is 0 Å². The Kier molecular flexibility index (Phi) is 5.40. The van der Waals surface area contributed by atoms with Crippen LogP contribution in [-0.4, -0.2) is 17.0 Å². The third kappa shape index (κ3) is 3.99. The number of carbonyl (C=O) groups excluding carboxylic acids is 1. The van der Waals surface area contributed by atoms with Crippen LogP contribution in [0.4, 0.5) is 5.69 Å². The van der Waals surface area contributed by atoms with Crippen LogP contribution in [0.3, 0.4) is 0 Å². The van der Waals surface area contributed by atoms with Crippen LogP contribution in [0, 0.1) is 10.1 Å². The van der Waals surface area contributed by atoms with E-state index in [1.54, 1.807) is 36.4 Å². The fourth-order valence-corrected chi connectivity index (χ4v) is 2.48. The van der Waals surface area contributed by atoms with E-state index < -0.39 is 4.92 Å². The van der Waals surface area contributed by atoms with Crippen LogP contribution in [0.15, 0.2) is 56.5 Å². The molecule has 112 valence electrons. The van der Waals surface area contributed by atoms with Gasteiger partial charge < -0.3 is 0 Å². The van der Waals surface area contributed by atoms with Crippen molar-refractivity contribution in [2.75, 3.05) is 0 Å². The molecule has 0 saturated carbocycles. The number of carbonyl (C=O) groups is 1. The van der Waals surface area contributed by atoms with E-state index in [2.05, 4.69) is 42.4 Å². The predicted octanol–water partition coefficient (Wildman–Crippen LogP) is 3.88. The lowest BCUT2D eigenvalue weighted by Gasteiger charge is -2.02. The minimum atomic E-state index is -0.499. The first-order chi connectivity index (χ1) is 10.5. The zero-order valence-electron chi connectivity index (χ0n) is 11.0. The summed E-state index contributed by atoms with van der Waals surface area (Å²) in [7, 11) is 0. The number of amides is 1. The highest BCUT2D eigenvalue weighted by molar-refractivity contribution is 9.10. The Morgan fingerprint density at radius 3 is 2.59 bits per heavy atom. The number of nitrogens with zero attached hydrogens (tertiary/aromatic N) is 2. The van der Waals surface area contributed by atoms with E-state index in [1.165, 1.54) is 12.3 Å². The summed E-state index contributed by atoms with van der Waals surface area (Å²) in [5.74, 6) is -0.379. The Balaban J connectivity index is 2.10. The lowest BCUT2D eigenvalue weighted by atomic mass is 10.2. The third-order valence-corrected chi connectivity index (χ3v) is 4.03. The van der Waals surface area contributed by atoms with E-state index >= 15 is 0 Å². The molecule has 0 saturated heterocycles. The van der Waals surface area contributed by atoms with Gasteiger partial charge in [0.1, 0.15) is 0 Å². The average molecular weight is 427 g/mol. The van der Waals surface area contributed by atoms with E-state index in [0.717, 1.165) is 0 Å². The first kappa shape index (κ1) is 16.3. The Hall–Kier alpha value is -2.06. The molecule has 0 aliphatic rings. The first-order valence-corrected chi connectivity index (χ1v) is 7.59. The van der Waals surface area contributed by atoms with Crippen molar-refractivity contribution in [3.8, 4) is 0 Å². The molecule has 0 spiro atoms. The number of rotatable bonds is 4. The molecule has 6 nitrogen and oxygen atoms in total. The van der Waals surface area contributed by atoms with Gasteiger partial charge in [0.05, 0.1) is 21.2 Å². The Labute approximate surface area is 142 Å². The number of hydrogen-bond acceptors (Lipinski definition) is 4. The normalized spacial score (nSPS) is 10.6. The van der Waals surface area contributed by atoms with Gasteiger partial charge in [0, 0.05) is 16.1 Å². The molecule has 1 N–H and O–H groups in total. The maximum absolute atomic E-state index is 11.9. The second-order valence-corrected chi connectivity index (χ2v) is 5.86. The van der Waals surface area contributed by atoms with Crippen molar-refractivity contribution in [1.82, 2.24) is 5.43 Å². The van der Waals surface area contributed by atoms with E-state index in [-0.39, 0.29) is 11.6 Å². The standard InChI is InChI=1S/C14H9Br2N3O3/c15-11-4-2-1-3-10(11)14(20)18-17-8-9-5-6-12(16)13(7-9)19(21)22/h1-8H,(H,18,20)/b17-8-. The lowest BCUT2D eigenvalue weighted by molar-refractivity contribution is -0.385. The highest BCUT2D eigenvalue weighted by Gasteiger charge is 2.11. The highest BCUT2D eigenvalue weighted by atomic mass is 79.9. The molecule has 0 unspecified atom stereocenters. The highest BCUT2D eigenvalue weighted by Crippen LogP contribution is 2.24. The zero-order valence-corrected chi connectivity index (χ0v) is 14.2. The molecule has 2 aromatic carbocycles. The van der Waals surface area contributed by atoms with Gasteiger partial charge in [-0.05, 0) is 50.1 Å². The molecule has 2 aromatic rings. The fraction of sp³-hybridized carbons (Fsp3) is 0. The third-order valence-electron chi connectivity index (χ3n) is 2.67. The largest absolute Gasteiger partial charge is 0.284 e. The van der Waals surface area contributed by atoms with Crippen LogP contribution >= 0.6 is 31.9 Å². The van der Waals surface area contributed by atoms with Crippen molar-refractivity contribution >= 4 is 49.7 Å². The lowest BCUT2D eigenvalue weighted by Crippen LogP contribution is -2.18. The van der Waals surface area contributed by atoms with Gasteiger partial charge in [0.15, 0.2) is 0 Å². The van der Waals surface area contributed by atoms with Crippen molar-refractivity contribution in [3.05, 3.63) is 72.7 Å². The topological polar surface area (TPSA) is 84.6 Å². The summed E-state index contributed by atoms with van der Waals surface area (Å²) in [5, 5.41) is 14.6. The summed E-state index contributed by atoms with van der Waals surface area (Å²) in [6, 6.07) is 11.5. The van der Waals surface area contributed by atoms with Gasteiger partial charge in [-0.15, -0.1) is 0 Å². The van der Waals surface area contributed by atoms with Gasteiger partial charge >= 0.3 is 0 Å². The number of benzene rings is 2. The minimum absolute atomic E-state index is 0.0684. The molecule has 0 fully saturated rings. The number of nitro groups is 1. The Morgan fingerprint density at radius 1 is 1.18 bits per heavy atom. The Morgan fingerprint density at radius 2 is 1.91 bits per heavy atom. The molecule has 0 radical (unpaired) electrons. The van der Waals surface area contributed by atoms with Gasteiger partial charge in [-0.1, -0.05) is 18.2 Å². The van der Waals surface area contributed by atoms with Gasteiger partial charge in [0.25, 0.3) is 11.6 Å². The van der Waals surface area contributed by atoms with Crippen LogP contribution in [0.1, 0.15) is 15.9 Å². The number of nitrogens with one attached hydrogen (secondary N) is 1. The van der Waals surface area contributed by atoms with Gasteiger partial charge in [-0.3, -0.25) is 14.9 Å². The second-order valence-electron chi connectivity index (χ2n) is 4.15. The van der Waals surface area contributed by atoms with Gasteiger partial charge in [-0.25, -0.2) is 5.43 Å². The molecule has 2 rings (SSSR count). The summed E-state index contributed by atoms with van der Waals surface area (Å²) in [5.41, 5.74) is 3.25. The number of nitro benzene ring substituents is 1. The summed E-state index contributed by atoms with van der Waals surface area (Å²) < 4.78 is 1.04. The average Bonchev–Trinajstić information content (AvgIpc) is 2.49. The first-order valence-electron chi connectivity index (χ1n) is 6.01. The molecule has 22 heavy (non-hydrogen) atoms. The molecule has 0 aliphatic carbocycles. The summed E-state index contributed by atoms with van der Waals surface area (Å²) in [6.45, 7) is 0. The molecule has 8 heteroatoms. The van der Waals surface area contributed by atoms with Crippen molar-refractivity contribution in [2.45, 2.75) is 0 Å². The number of hydrazone groups is 1. The van der Waals surface area contributed by atoms with E-state index in [0.29, 0.717) is 20.1 Å². The van der Waals surface area contributed by atoms with Crippen molar-refractivity contribution in [2.24, 2.45) is 5.10 Å².